The molecular formula is C13H16N4O. The molecule has 1 aromatic rings. The number of anilines is 1. The Labute approximate surface area is 106 Å². The van der Waals surface area contributed by atoms with E-state index >= 15 is 0 Å². The molecule has 2 fully saturated rings. The predicted molar refractivity (Wildman–Crippen MR) is 65.9 cm³/mol. The lowest BCUT2D eigenvalue weighted by Crippen LogP contribution is -2.37. The van der Waals surface area contributed by atoms with E-state index in [-0.39, 0.29) is 6.61 Å². The van der Waals surface area contributed by atoms with Crippen LogP contribution < -0.4 is 5.32 Å². The largest absolute Gasteiger partial charge is 0.396 e. The van der Waals surface area contributed by atoms with Crippen LogP contribution in [0.2, 0.25) is 0 Å². The van der Waals surface area contributed by atoms with Gasteiger partial charge in [0.15, 0.2) is 11.5 Å². The van der Waals surface area contributed by atoms with Gasteiger partial charge in [-0.2, -0.15) is 5.26 Å². The fraction of sp³-hybridized carbons (Fsp3) is 0.615. The quantitative estimate of drug-likeness (QED) is 0.836. The summed E-state index contributed by atoms with van der Waals surface area (Å²) in [6.45, 7) is 0.247. The third-order valence-electron chi connectivity index (χ3n) is 3.73. The monoisotopic (exact) mass is 244 g/mol. The van der Waals surface area contributed by atoms with Crippen LogP contribution in [0.25, 0.3) is 0 Å². The lowest BCUT2D eigenvalue weighted by atomic mass is 9.81. The van der Waals surface area contributed by atoms with Crippen molar-refractivity contribution >= 4 is 5.82 Å². The molecule has 1 aromatic heterocycles. The number of hydrogen-bond donors (Lipinski definition) is 2. The minimum Gasteiger partial charge on any atom is -0.396 e. The van der Waals surface area contributed by atoms with Crippen LogP contribution in [-0.4, -0.2) is 27.7 Å². The number of hydrogen-bond acceptors (Lipinski definition) is 5. The van der Waals surface area contributed by atoms with Crippen LogP contribution in [-0.2, 0) is 0 Å². The van der Waals surface area contributed by atoms with Gasteiger partial charge in [-0.15, -0.1) is 0 Å². The summed E-state index contributed by atoms with van der Waals surface area (Å²) in [4.78, 5) is 8.69. The lowest BCUT2D eigenvalue weighted by molar-refractivity contribution is 0.151. The minimum absolute atomic E-state index is 0.247. The molecule has 0 spiro atoms. The molecule has 1 heterocycles. The number of aliphatic hydroxyl groups is 1. The first-order valence-corrected chi connectivity index (χ1v) is 6.44. The van der Waals surface area contributed by atoms with E-state index in [1.165, 1.54) is 12.8 Å². The van der Waals surface area contributed by atoms with Crippen molar-refractivity contribution in [2.24, 2.45) is 5.92 Å². The molecule has 5 heteroatoms. The van der Waals surface area contributed by atoms with Crippen LogP contribution in [0.1, 0.15) is 43.0 Å². The highest BCUT2D eigenvalue weighted by Gasteiger charge is 2.30. The van der Waals surface area contributed by atoms with E-state index in [0.29, 0.717) is 29.4 Å². The molecule has 0 saturated heterocycles. The Hall–Kier alpha value is -1.67. The second kappa shape index (κ2) is 4.54. The maximum absolute atomic E-state index is 9.03. The van der Waals surface area contributed by atoms with Crippen molar-refractivity contribution in [3.8, 4) is 6.07 Å². The van der Waals surface area contributed by atoms with Crippen LogP contribution in [0.4, 0.5) is 5.82 Å². The standard InChI is InChI=1S/C13H16N4O/c14-5-11-13(16-10-3-8(4-10)7-18)17-12(6-15-11)9-1-2-9/h6,8-10,18H,1-4,7H2,(H,16,17). The molecule has 2 N–H and O–H groups in total. The molecule has 2 aliphatic rings. The number of nitriles is 1. The predicted octanol–water partition coefficient (Wildman–Crippen LogP) is 1.41. The molecular weight excluding hydrogens is 228 g/mol. The Bertz CT molecular complexity index is 486. The van der Waals surface area contributed by atoms with Crippen LogP contribution in [0.5, 0.6) is 0 Å². The van der Waals surface area contributed by atoms with Gasteiger partial charge in [0.25, 0.3) is 0 Å². The number of rotatable bonds is 4. The summed E-state index contributed by atoms with van der Waals surface area (Å²) in [5.74, 6) is 1.55. The van der Waals surface area contributed by atoms with E-state index in [0.717, 1.165) is 18.5 Å². The van der Waals surface area contributed by atoms with Gasteiger partial charge in [0, 0.05) is 18.6 Å². The molecule has 0 amide bonds. The summed E-state index contributed by atoms with van der Waals surface area (Å²) in [6, 6.07) is 2.39. The van der Waals surface area contributed by atoms with E-state index in [1.54, 1.807) is 6.20 Å². The Morgan fingerprint density at radius 2 is 2.22 bits per heavy atom. The summed E-state index contributed by atoms with van der Waals surface area (Å²) < 4.78 is 0. The van der Waals surface area contributed by atoms with Crippen LogP contribution in [0, 0.1) is 17.2 Å². The number of aromatic nitrogens is 2. The molecule has 0 bridgehead atoms. The fourth-order valence-electron chi connectivity index (χ4n) is 2.36. The van der Waals surface area contributed by atoms with E-state index in [4.69, 9.17) is 10.4 Å². The first kappa shape index (κ1) is 11.4. The van der Waals surface area contributed by atoms with Crippen molar-refractivity contribution in [2.45, 2.75) is 37.6 Å². The van der Waals surface area contributed by atoms with Crippen LogP contribution in [0.3, 0.4) is 0 Å². The molecule has 5 nitrogen and oxygen atoms in total. The van der Waals surface area contributed by atoms with Crippen molar-refractivity contribution in [1.29, 1.82) is 5.26 Å². The molecule has 0 aliphatic heterocycles. The Morgan fingerprint density at radius 3 is 2.83 bits per heavy atom. The third kappa shape index (κ3) is 2.16. The molecule has 2 aliphatic carbocycles. The fourth-order valence-corrected chi connectivity index (χ4v) is 2.36. The van der Waals surface area contributed by atoms with E-state index in [2.05, 4.69) is 21.4 Å². The zero-order valence-corrected chi connectivity index (χ0v) is 10.1. The summed E-state index contributed by atoms with van der Waals surface area (Å²) >= 11 is 0. The highest BCUT2D eigenvalue weighted by molar-refractivity contribution is 5.49. The summed E-state index contributed by atoms with van der Waals surface area (Å²) in [6.07, 6.45) is 5.96. The van der Waals surface area contributed by atoms with Crippen LogP contribution >= 0.6 is 0 Å². The van der Waals surface area contributed by atoms with Crippen molar-refractivity contribution in [3.63, 3.8) is 0 Å². The zero-order valence-electron chi connectivity index (χ0n) is 10.1. The van der Waals surface area contributed by atoms with Crippen molar-refractivity contribution in [2.75, 3.05) is 11.9 Å². The van der Waals surface area contributed by atoms with Gasteiger partial charge in [0.1, 0.15) is 6.07 Å². The maximum atomic E-state index is 9.03. The molecule has 18 heavy (non-hydrogen) atoms. The third-order valence-corrected chi connectivity index (χ3v) is 3.73. The zero-order chi connectivity index (χ0) is 12.5. The molecule has 94 valence electrons. The van der Waals surface area contributed by atoms with Crippen LogP contribution in [0.15, 0.2) is 6.20 Å². The SMILES string of the molecule is N#Cc1ncc(C2CC2)nc1NC1CC(CO)C1. The second-order valence-corrected chi connectivity index (χ2v) is 5.24. The first-order valence-electron chi connectivity index (χ1n) is 6.44. The molecule has 0 unspecified atom stereocenters. The smallest absolute Gasteiger partial charge is 0.183 e. The van der Waals surface area contributed by atoms with Gasteiger partial charge in [0.05, 0.1) is 11.9 Å². The summed E-state index contributed by atoms with van der Waals surface area (Å²) in [7, 11) is 0. The van der Waals surface area contributed by atoms with Crippen molar-refractivity contribution in [1.82, 2.24) is 9.97 Å². The highest BCUT2D eigenvalue weighted by Crippen LogP contribution is 2.39. The van der Waals surface area contributed by atoms with Crippen molar-refractivity contribution in [3.05, 3.63) is 17.6 Å². The molecule has 0 atom stereocenters. The maximum Gasteiger partial charge on any atom is 0.183 e. The van der Waals surface area contributed by atoms with Gasteiger partial charge in [-0.3, -0.25) is 0 Å². The Kier molecular flexibility index (Phi) is 2.88. The topological polar surface area (TPSA) is 81.8 Å². The van der Waals surface area contributed by atoms with Gasteiger partial charge in [0.2, 0.25) is 0 Å². The Morgan fingerprint density at radius 1 is 1.44 bits per heavy atom. The number of aliphatic hydroxyl groups excluding tert-OH is 1. The summed E-state index contributed by atoms with van der Waals surface area (Å²) in [5, 5.41) is 21.3. The second-order valence-electron chi connectivity index (χ2n) is 5.24. The van der Waals surface area contributed by atoms with E-state index < -0.39 is 0 Å². The van der Waals surface area contributed by atoms with Gasteiger partial charge in [-0.1, -0.05) is 0 Å². The number of nitrogens with one attached hydrogen (secondary N) is 1. The summed E-state index contributed by atoms with van der Waals surface area (Å²) in [5.41, 5.74) is 1.36. The van der Waals surface area contributed by atoms with E-state index in [9.17, 15) is 0 Å². The molecule has 0 aromatic carbocycles. The van der Waals surface area contributed by atoms with Gasteiger partial charge < -0.3 is 10.4 Å². The van der Waals surface area contributed by atoms with Gasteiger partial charge in [-0.05, 0) is 31.6 Å². The van der Waals surface area contributed by atoms with Gasteiger partial charge >= 0.3 is 0 Å². The van der Waals surface area contributed by atoms with Gasteiger partial charge in [-0.25, -0.2) is 9.97 Å². The molecule has 3 rings (SSSR count). The molecule has 0 radical (unpaired) electrons. The Balaban J connectivity index is 1.73. The number of nitrogens with zero attached hydrogens (tertiary/aromatic N) is 3. The van der Waals surface area contributed by atoms with Crippen molar-refractivity contribution < 1.29 is 5.11 Å². The van der Waals surface area contributed by atoms with E-state index in [1.807, 2.05) is 0 Å². The average molecular weight is 244 g/mol. The first-order chi connectivity index (χ1) is 8.80. The highest BCUT2D eigenvalue weighted by atomic mass is 16.3. The minimum atomic E-state index is 0.247. The average Bonchev–Trinajstić information content (AvgIpc) is 3.17. The normalized spacial score (nSPS) is 26.2. The molecule has 2 saturated carbocycles. The lowest BCUT2D eigenvalue weighted by Gasteiger charge is -2.35.